The summed E-state index contributed by atoms with van der Waals surface area (Å²) in [6, 6.07) is 0. The van der Waals surface area contributed by atoms with Gasteiger partial charge in [0.1, 0.15) is 0 Å². The Morgan fingerprint density at radius 1 is 0.917 bits per heavy atom. The zero-order valence-electron chi connectivity index (χ0n) is 8.45. The van der Waals surface area contributed by atoms with E-state index in [9.17, 15) is 0 Å². The molecule has 0 aromatic rings. The van der Waals surface area contributed by atoms with Crippen molar-refractivity contribution in [3.63, 3.8) is 0 Å². The van der Waals surface area contributed by atoms with Crippen LogP contribution in [-0.4, -0.2) is 6.54 Å². The molecule has 0 radical (unpaired) electrons. The Kier molecular flexibility index (Phi) is 71.2. The minimum Gasteiger partial charge on any atom is -0.473 e. The van der Waals surface area contributed by atoms with Crippen LogP contribution in [0.4, 0.5) is 0 Å². The molecule has 0 saturated carbocycles. The van der Waals surface area contributed by atoms with Crippen molar-refractivity contribution in [2.24, 2.45) is 0 Å². The molecule has 0 aliphatic rings. The monoisotopic (exact) mass is 619 g/mol. The molecule has 0 saturated heterocycles. The van der Waals surface area contributed by atoms with Gasteiger partial charge in [-0.15, -0.1) is 0 Å². The van der Waals surface area contributed by atoms with Crippen LogP contribution in [0, 0.1) is 91.1 Å². The summed E-state index contributed by atoms with van der Waals surface area (Å²) in [6.45, 7) is 4.79. The summed E-state index contributed by atoms with van der Waals surface area (Å²) in [5.74, 6) is 0. The molecule has 1 N–H and O–H groups in total. The Morgan fingerprint density at radius 3 is 1.75 bits per heavy atom. The predicted molar refractivity (Wildman–Crippen MR) is 50.0 cm³/mol. The number of hydrogen-bond acceptors (Lipinski definition) is 1. The van der Waals surface area contributed by atoms with E-state index in [1.165, 1.54) is 19.3 Å². The summed E-state index contributed by atoms with van der Waals surface area (Å²) in [7, 11) is 3.52. The normalized spacial score (nSPS) is 6.50. The zero-order chi connectivity index (χ0) is 6.24. The largest absolute Gasteiger partial charge is 2.00 e. The van der Waals surface area contributed by atoms with E-state index in [0.717, 1.165) is 13.0 Å². The van der Waals surface area contributed by atoms with Crippen LogP contribution in [0.1, 0.15) is 25.7 Å². The van der Waals surface area contributed by atoms with E-state index < -0.39 is 0 Å². The first kappa shape index (κ1) is 29.2. The Labute approximate surface area is 127 Å². The van der Waals surface area contributed by atoms with E-state index in [0.29, 0.717) is 0 Å². The minimum atomic E-state index is 0. The summed E-state index contributed by atoms with van der Waals surface area (Å²) in [6.07, 6.45) is 4.84. The van der Waals surface area contributed by atoms with Crippen molar-refractivity contribution >= 4 is 0 Å². The van der Waals surface area contributed by atoms with Gasteiger partial charge in [0.05, 0.1) is 0 Å². The Bertz CT molecular complexity index is 37.5. The van der Waals surface area contributed by atoms with E-state index in [4.69, 9.17) is 0 Å². The SMILES string of the molecule is [CH2-]CCCCCN[CH2-].[CH3-].[CH3-].[U+2].[U+2]. The maximum Gasteiger partial charge on any atom is 2.00 e. The fraction of sp³-hybridized carbons (Fsp3) is 0.556. The van der Waals surface area contributed by atoms with Gasteiger partial charge in [-0.1, -0.05) is 12.8 Å². The van der Waals surface area contributed by atoms with Gasteiger partial charge in [-0.05, 0) is 13.0 Å². The Morgan fingerprint density at radius 2 is 1.42 bits per heavy atom. The van der Waals surface area contributed by atoms with Crippen molar-refractivity contribution < 1.29 is 62.2 Å². The van der Waals surface area contributed by atoms with Crippen LogP contribution in [-0.2, 0) is 0 Å². The molecule has 70 valence electrons. The number of unbranched alkanes of at least 4 members (excludes halogenated alkanes) is 3. The van der Waals surface area contributed by atoms with Crippen LogP contribution in [0.3, 0.4) is 0 Å². The van der Waals surface area contributed by atoms with Gasteiger partial charge in [0, 0.05) is 0 Å². The second-order valence-electron chi connectivity index (χ2n) is 1.91. The van der Waals surface area contributed by atoms with Gasteiger partial charge < -0.3 is 27.1 Å². The Hall–Kier alpha value is 2.06. The molecule has 0 atom stereocenters. The predicted octanol–water partition coefficient (Wildman–Crippen LogP) is 2.66. The fourth-order valence-corrected chi connectivity index (χ4v) is 0.604. The molecule has 0 rings (SSSR count). The topological polar surface area (TPSA) is 12.0 Å². The average Bonchev–Trinajstić information content (AvgIpc) is 1.81. The third kappa shape index (κ3) is 29.6. The molecule has 0 spiro atoms. The second kappa shape index (κ2) is 29.2. The van der Waals surface area contributed by atoms with Crippen LogP contribution in [0.25, 0.3) is 0 Å². The number of hydrogen-bond donors (Lipinski definition) is 1. The summed E-state index contributed by atoms with van der Waals surface area (Å²) >= 11 is 0. The van der Waals surface area contributed by atoms with Crippen LogP contribution in [0.2, 0.25) is 0 Å². The molecule has 1 nitrogen and oxygen atoms in total. The average molecular weight is 619 g/mol. The first-order chi connectivity index (χ1) is 3.91. The van der Waals surface area contributed by atoms with E-state index in [-0.39, 0.29) is 77.1 Å². The molecule has 0 aromatic heterocycles. The molecule has 12 heavy (non-hydrogen) atoms. The van der Waals surface area contributed by atoms with Gasteiger partial charge in [0.2, 0.25) is 0 Å². The summed E-state index contributed by atoms with van der Waals surface area (Å²) in [5, 5.41) is 2.86. The molecule has 0 aliphatic heterocycles. The van der Waals surface area contributed by atoms with Crippen molar-refractivity contribution in [1.29, 1.82) is 0 Å². The van der Waals surface area contributed by atoms with Gasteiger partial charge in [0.15, 0.2) is 0 Å². The first-order valence-electron chi connectivity index (χ1n) is 3.21. The van der Waals surface area contributed by atoms with E-state index >= 15 is 0 Å². The quantitative estimate of drug-likeness (QED) is 0.369. The standard InChI is InChI=1S/C7H15N.2CH3.2U/c1-3-4-5-6-7-8-2;;;;/h8H,1-7H2;2*1H3;;/q-2;2*-1;2*+2. The molecule has 0 unspecified atom stereocenters. The van der Waals surface area contributed by atoms with Crippen molar-refractivity contribution in [2.45, 2.75) is 25.7 Å². The van der Waals surface area contributed by atoms with Crippen LogP contribution >= 0.6 is 0 Å². The zero-order valence-corrected chi connectivity index (χ0v) is 16.8. The van der Waals surface area contributed by atoms with Crippen molar-refractivity contribution in [1.82, 2.24) is 5.32 Å². The Balaban J connectivity index is -0.0000000408. The smallest absolute Gasteiger partial charge is 0.473 e. The van der Waals surface area contributed by atoms with Gasteiger partial charge >= 0.3 is 62.2 Å². The molecule has 0 aromatic carbocycles. The van der Waals surface area contributed by atoms with Gasteiger partial charge in [-0.25, -0.2) is 0 Å². The van der Waals surface area contributed by atoms with Crippen molar-refractivity contribution in [2.75, 3.05) is 6.54 Å². The molecule has 0 bridgehead atoms. The molecule has 3 heteroatoms. The van der Waals surface area contributed by atoms with Crippen LogP contribution < -0.4 is 5.32 Å². The number of rotatable bonds is 5. The molecular weight excluding hydrogens is 598 g/mol. The summed E-state index contributed by atoms with van der Waals surface area (Å²) in [4.78, 5) is 0. The van der Waals surface area contributed by atoms with Crippen LogP contribution in [0.15, 0.2) is 0 Å². The number of nitrogens with one attached hydrogen (secondary N) is 1. The molecule has 0 heterocycles. The maximum absolute atomic E-state index is 3.75. The van der Waals surface area contributed by atoms with E-state index in [2.05, 4.69) is 19.3 Å². The van der Waals surface area contributed by atoms with E-state index in [1.54, 1.807) is 0 Å². The molecule has 0 aliphatic carbocycles. The molecule has 0 amide bonds. The van der Waals surface area contributed by atoms with E-state index in [1.807, 2.05) is 0 Å². The van der Waals surface area contributed by atoms with Gasteiger partial charge in [0.25, 0.3) is 0 Å². The van der Waals surface area contributed by atoms with Gasteiger partial charge in [-0.3, -0.25) is 7.05 Å². The third-order valence-corrected chi connectivity index (χ3v) is 1.10. The summed E-state index contributed by atoms with van der Waals surface area (Å²) < 4.78 is 0. The fourth-order valence-electron chi connectivity index (χ4n) is 0.604. The second-order valence-corrected chi connectivity index (χ2v) is 1.91. The van der Waals surface area contributed by atoms with Crippen molar-refractivity contribution in [3.05, 3.63) is 28.8 Å². The van der Waals surface area contributed by atoms with Gasteiger partial charge in [-0.2, -0.15) is 6.42 Å². The van der Waals surface area contributed by atoms with Crippen molar-refractivity contribution in [3.8, 4) is 0 Å². The maximum atomic E-state index is 3.75. The third-order valence-electron chi connectivity index (χ3n) is 1.10. The molecule has 0 fully saturated rings. The summed E-state index contributed by atoms with van der Waals surface area (Å²) in [5.41, 5.74) is 0. The minimum absolute atomic E-state index is 0. The molecular formula is C9H21NU2. The first-order valence-corrected chi connectivity index (χ1v) is 3.21. The van der Waals surface area contributed by atoms with Crippen LogP contribution in [0.5, 0.6) is 0 Å².